The standard InChI is InChI=1S/C14H12F3NO/c1-3-10-6-13(19)18(8-10)12-7-11(14(15,16)17)5-4-9(12)2/h1,4-5,7,10H,6,8H2,2H3. The molecule has 2 nitrogen and oxygen atoms in total. The first-order valence-corrected chi connectivity index (χ1v) is 5.77. The van der Waals surface area contributed by atoms with Crippen LogP contribution in [0.3, 0.4) is 0 Å². The minimum Gasteiger partial charge on any atom is -0.311 e. The zero-order chi connectivity index (χ0) is 14.2. The molecule has 1 amide bonds. The highest BCUT2D eigenvalue weighted by Gasteiger charge is 2.34. The molecule has 1 aromatic carbocycles. The third-order valence-electron chi connectivity index (χ3n) is 3.19. The first-order chi connectivity index (χ1) is 8.82. The number of anilines is 1. The van der Waals surface area contributed by atoms with Crippen molar-refractivity contribution in [1.29, 1.82) is 0 Å². The van der Waals surface area contributed by atoms with Crippen LogP contribution in [-0.2, 0) is 11.0 Å². The monoisotopic (exact) mass is 267 g/mol. The van der Waals surface area contributed by atoms with E-state index in [2.05, 4.69) is 5.92 Å². The Hall–Kier alpha value is -1.96. The van der Waals surface area contributed by atoms with E-state index in [0.29, 0.717) is 5.56 Å². The van der Waals surface area contributed by atoms with E-state index in [9.17, 15) is 18.0 Å². The molecule has 19 heavy (non-hydrogen) atoms. The molecule has 0 bridgehead atoms. The second kappa shape index (κ2) is 4.61. The topological polar surface area (TPSA) is 20.3 Å². The van der Waals surface area contributed by atoms with Gasteiger partial charge < -0.3 is 4.90 Å². The maximum atomic E-state index is 12.7. The molecule has 1 aromatic rings. The largest absolute Gasteiger partial charge is 0.416 e. The molecule has 0 aliphatic carbocycles. The van der Waals surface area contributed by atoms with Crippen molar-refractivity contribution in [3.05, 3.63) is 29.3 Å². The molecule has 0 N–H and O–H groups in total. The molecule has 1 aliphatic rings. The summed E-state index contributed by atoms with van der Waals surface area (Å²) >= 11 is 0. The predicted octanol–water partition coefficient (Wildman–Crippen LogP) is 3.00. The van der Waals surface area contributed by atoms with Crippen molar-refractivity contribution >= 4 is 11.6 Å². The van der Waals surface area contributed by atoms with Gasteiger partial charge in [0.15, 0.2) is 0 Å². The van der Waals surface area contributed by atoms with Crippen molar-refractivity contribution < 1.29 is 18.0 Å². The SMILES string of the molecule is C#CC1CC(=O)N(c2cc(C(F)(F)F)ccc2C)C1. The fourth-order valence-electron chi connectivity index (χ4n) is 2.13. The van der Waals surface area contributed by atoms with E-state index in [1.54, 1.807) is 6.92 Å². The van der Waals surface area contributed by atoms with Crippen LogP contribution in [0.25, 0.3) is 0 Å². The number of benzene rings is 1. The van der Waals surface area contributed by atoms with Crippen LogP contribution >= 0.6 is 0 Å². The summed E-state index contributed by atoms with van der Waals surface area (Å²) in [5.74, 6) is 2.01. The summed E-state index contributed by atoms with van der Waals surface area (Å²) < 4.78 is 38.1. The fraction of sp³-hybridized carbons (Fsp3) is 0.357. The van der Waals surface area contributed by atoms with E-state index in [-0.39, 0.29) is 30.5 Å². The molecule has 1 saturated heterocycles. The first-order valence-electron chi connectivity index (χ1n) is 5.77. The molecule has 0 saturated carbocycles. The molecule has 1 atom stereocenters. The van der Waals surface area contributed by atoms with Gasteiger partial charge in [0.2, 0.25) is 5.91 Å². The number of hydrogen-bond acceptors (Lipinski definition) is 1. The summed E-state index contributed by atoms with van der Waals surface area (Å²) in [5, 5.41) is 0. The van der Waals surface area contributed by atoms with Gasteiger partial charge in [0.1, 0.15) is 0 Å². The number of halogens is 3. The second-order valence-corrected chi connectivity index (χ2v) is 4.57. The van der Waals surface area contributed by atoms with Gasteiger partial charge in [-0.3, -0.25) is 4.79 Å². The lowest BCUT2D eigenvalue weighted by Crippen LogP contribution is -2.25. The van der Waals surface area contributed by atoms with E-state index in [0.717, 1.165) is 12.1 Å². The summed E-state index contributed by atoms with van der Waals surface area (Å²) in [4.78, 5) is 13.1. The average Bonchev–Trinajstić information content (AvgIpc) is 2.69. The Labute approximate surface area is 109 Å². The molecule has 0 aromatic heterocycles. The third kappa shape index (κ3) is 2.58. The van der Waals surface area contributed by atoms with Gasteiger partial charge in [-0.15, -0.1) is 12.3 Å². The number of amides is 1. The number of alkyl halides is 3. The van der Waals surface area contributed by atoms with Crippen molar-refractivity contribution in [3.8, 4) is 12.3 Å². The summed E-state index contributed by atoms with van der Waals surface area (Å²) in [6, 6.07) is 3.39. The Kier molecular flexibility index (Phi) is 3.27. The quantitative estimate of drug-likeness (QED) is 0.716. The Balaban J connectivity index is 2.40. The number of hydrogen-bond donors (Lipinski definition) is 0. The summed E-state index contributed by atoms with van der Waals surface area (Å²) in [6.07, 6.45) is 1.03. The Morgan fingerprint density at radius 2 is 2.11 bits per heavy atom. The van der Waals surface area contributed by atoms with E-state index < -0.39 is 11.7 Å². The van der Waals surface area contributed by atoms with Gasteiger partial charge in [0.25, 0.3) is 0 Å². The molecule has 1 unspecified atom stereocenters. The Morgan fingerprint density at radius 1 is 1.42 bits per heavy atom. The van der Waals surface area contributed by atoms with Gasteiger partial charge in [-0.2, -0.15) is 13.2 Å². The van der Waals surface area contributed by atoms with Gasteiger partial charge in [-0.05, 0) is 24.6 Å². The third-order valence-corrected chi connectivity index (χ3v) is 3.19. The minimum absolute atomic E-state index is 0.187. The smallest absolute Gasteiger partial charge is 0.311 e. The van der Waals surface area contributed by atoms with Gasteiger partial charge in [0, 0.05) is 24.6 Å². The molecule has 2 rings (SSSR count). The predicted molar refractivity (Wildman–Crippen MR) is 65.5 cm³/mol. The number of aryl methyl sites for hydroxylation is 1. The number of nitrogens with zero attached hydrogens (tertiary/aromatic N) is 1. The normalized spacial score (nSPS) is 19.6. The lowest BCUT2D eigenvalue weighted by atomic mass is 10.1. The molecule has 0 spiro atoms. The fourth-order valence-corrected chi connectivity index (χ4v) is 2.13. The van der Waals surface area contributed by atoms with Crippen LogP contribution in [-0.4, -0.2) is 12.5 Å². The van der Waals surface area contributed by atoms with E-state index >= 15 is 0 Å². The maximum absolute atomic E-state index is 12.7. The molecule has 5 heteroatoms. The highest BCUT2D eigenvalue weighted by molar-refractivity contribution is 5.96. The van der Waals surface area contributed by atoms with Crippen LogP contribution in [0.5, 0.6) is 0 Å². The molecule has 1 heterocycles. The van der Waals surface area contributed by atoms with Gasteiger partial charge >= 0.3 is 6.18 Å². The molecule has 100 valence electrons. The molecule has 1 aliphatic heterocycles. The van der Waals surface area contributed by atoms with Crippen LogP contribution in [0.4, 0.5) is 18.9 Å². The van der Waals surface area contributed by atoms with Gasteiger partial charge in [-0.1, -0.05) is 6.07 Å². The summed E-state index contributed by atoms with van der Waals surface area (Å²) in [7, 11) is 0. The zero-order valence-corrected chi connectivity index (χ0v) is 10.3. The Bertz CT molecular complexity index is 557. The lowest BCUT2D eigenvalue weighted by molar-refractivity contribution is -0.137. The maximum Gasteiger partial charge on any atom is 0.416 e. The van der Waals surface area contributed by atoms with Crippen molar-refractivity contribution in [2.45, 2.75) is 19.5 Å². The first kappa shape index (κ1) is 13.5. The Morgan fingerprint density at radius 3 is 2.63 bits per heavy atom. The van der Waals surface area contributed by atoms with Crippen molar-refractivity contribution in [2.24, 2.45) is 5.92 Å². The number of carbonyl (C=O) groups excluding carboxylic acids is 1. The number of carbonyl (C=O) groups is 1. The molecule has 0 radical (unpaired) electrons. The molecule has 1 fully saturated rings. The highest BCUT2D eigenvalue weighted by Crippen LogP contribution is 2.35. The van der Waals surface area contributed by atoms with Crippen LogP contribution < -0.4 is 4.90 Å². The van der Waals surface area contributed by atoms with Crippen molar-refractivity contribution in [2.75, 3.05) is 11.4 Å². The summed E-state index contributed by atoms with van der Waals surface area (Å²) in [6.45, 7) is 1.95. The van der Waals surface area contributed by atoms with Crippen molar-refractivity contribution in [1.82, 2.24) is 0 Å². The van der Waals surface area contributed by atoms with Crippen LogP contribution in [0.15, 0.2) is 18.2 Å². The zero-order valence-electron chi connectivity index (χ0n) is 10.3. The average molecular weight is 267 g/mol. The van der Waals surface area contributed by atoms with Crippen molar-refractivity contribution in [3.63, 3.8) is 0 Å². The van der Waals surface area contributed by atoms with Crippen LogP contribution in [0.2, 0.25) is 0 Å². The van der Waals surface area contributed by atoms with Crippen LogP contribution in [0, 0.1) is 25.2 Å². The summed E-state index contributed by atoms with van der Waals surface area (Å²) in [5.41, 5.74) is 0.154. The van der Waals surface area contributed by atoms with Gasteiger partial charge in [0.05, 0.1) is 5.56 Å². The van der Waals surface area contributed by atoms with E-state index in [4.69, 9.17) is 6.42 Å². The number of rotatable bonds is 1. The lowest BCUT2D eigenvalue weighted by Gasteiger charge is -2.20. The molecular weight excluding hydrogens is 255 g/mol. The number of terminal acetylenes is 1. The van der Waals surface area contributed by atoms with Gasteiger partial charge in [-0.25, -0.2) is 0 Å². The minimum atomic E-state index is -4.42. The van der Waals surface area contributed by atoms with Crippen LogP contribution in [0.1, 0.15) is 17.5 Å². The van der Waals surface area contributed by atoms with E-state index in [1.165, 1.54) is 11.0 Å². The highest BCUT2D eigenvalue weighted by atomic mass is 19.4. The van der Waals surface area contributed by atoms with E-state index in [1.807, 2.05) is 0 Å². The second-order valence-electron chi connectivity index (χ2n) is 4.57. The molecular formula is C14H12F3NO.